The van der Waals surface area contributed by atoms with Gasteiger partial charge in [0.25, 0.3) is 0 Å². The zero-order chi connectivity index (χ0) is 20.0. The van der Waals surface area contributed by atoms with Crippen LogP contribution in [-0.2, 0) is 16.6 Å². The summed E-state index contributed by atoms with van der Waals surface area (Å²) in [5.41, 5.74) is 5.22. The molecule has 0 saturated carbocycles. The highest BCUT2D eigenvalue weighted by Crippen LogP contribution is 2.53. The van der Waals surface area contributed by atoms with E-state index in [2.05, 4.69) is 35.7 Å². The van der Waals surface area contributed by atoms with Gasteiger partial charge in [0.15, 0.2) is 0 Å². The highest BCUT2D eigenvalue weighted by molar-refractivity contribution is 6.35. The van der Waals surface area contributed by atoms with E-state index in [0.717, 1.165) is 30.5 Å². The highest BCUT2D eigenvalue weighted by Gasteiger charge is 2.45. The first-order valence-electron chi connectivity index (χ1n) is 9.68. The van der Waals surface area contributed by atoms with Crippen LogP contribution in [0.15, 0.2) is 65.9 Å². The van der Waals surface area contributed by atoms with Crippen LogP contribution in [0, 0.1) is 0 Å². The van der Waals surface area contributed by atoms with Crippen molar-refractivity contribution in [2.75, 3.05) is 6.54 Å². The zero-order valence-corrected chi connectivity index (χ0v) is 17.2. The van der Waals surface area contributed by atoms with E-state index in [-0.39, 0.29) is 17.8 Å². The maximum atomic E-state index is 12.8. The minimum absolute atomic E-state index is 0.0952. The molecule has 1 N–H and O–H groups in total. The molecule has 2 aliphatic carbocycles. The van der Waals surface area contributed by atoms with Crippen molar-refractivity contribution in [3.05, 3.63) is 92.6 Å². The van der Waals surface area contributed by atoms with Gasteiger partial charge in [0.1, 0.15) is 5.75 Å². The molecule has 3 aliphatic rings. The summed E-state index contributed by atoms with van der Waals surface area (Å²) in [6.45, 7) is 0.902. The molecule has 2 bridgehead atoms. The number of carbonyl (C=O) groups excluding carboxylic acids is 1. The zero-order valence-electron chi connectivity index (χ0n) is 15.7. The number of esters is 1. The van der Waals surface area contributed by atoms with Gasteiger partial charge in [-0.2, -0.15) is 0 Å². The van der Waals surface area contributed by atoms with E-state index in [9.17, 15) is 4.79 Å². The topological polar surface area (TPSA) is 38.3 Å². The summed E-state index contributed by atoms with van der Waals surface area (Å²) >= 11 is 12.2. The molecule has 0 spiro atoms. The number of hydrogen-bond acceptors (Lipinski definition) is 3. The highest BCUT2D eigenvalue weighted by atomic mass is 35.5. The summed E-state index contributed by atoms with van der Waals surface area (Å²) in [5.74, 6) is 0.301. The molecule has 5 heteroatoms. The van der Waals surface area contributed by atoms with Gasteiger partial charge < -0.3 is 10.1 Å². The number of allylic oxidation sites excluding steroid dienone is 4. The van der Waals surface area contributed by atoms with Gasteiger partial charge in [-0.15, -0.1) is 0 Å². The van der Waals surface area contributed by atoms with E-state index in [1.165, 1.54) is 11.3 Å². The van der Waals surface area contributed by atoms with Crippen LogP contribution < -0.4 is 10.1 Å². The van der Waals surface area contributed by atoms with Gasteiger partial charge >= 0.3 is 5.97 Å². The first-order valence-corrected chi connectivity index (χ1v) is 10.4. The monoisotopic (exact) mass is 423 g/mol. The van der Waals surface area contributed by atoms with Gasteiger partial charge in [0.2, 0.25) is 0 Å². The molecule has 1 saturated heterocycles. The predicted molar refractivity (Wildman–Crippen MR) is 116 cm³/mol. The fraction of sp³-hybridized carbons (Fsp3) is 0.208. The third-order valence-corrected chi connectivity index (χ3v) is 6.54. The molecule has 0 amide bonds. The van der Waals surface area contributed by atoms with E-state index >= 15 is 0 Å². The second-order valence-electron chi connectivity index (χ2n) is 7.64. The molecule has 1 fully saturated rings. The molecule has 3 nitrogen and oxygen atoms in total. The van der Waals surface area contributed by atoms with E-state index in [4.69, 9.17) is 27.9 Å². The molecule has 2 aromatic rings. The Hall–Kier alpha value is -2.49. The molecular weight excluding hydrogens is 405 g/mol. The Morgan fingerprint density at radius 2 is 2.10 bits per heavy atom. The largest absolute Gasteiger partial charge is 0.426 e. The second kappa shape index (κ2) is 7.08. The van der Waals surface area contributed by atoms with Crippen LogP contribution in [0.2, 0.25) is 10.0 Å². The predicted octanol–water partition coefficient (Wildman–Crippen LogP) is 5.61. The summed E-state index contributed by atoms with van der Waals surface area (Å²) in [6.07, 6.45) is 10.6. The lowest BCUT2D eigenvalue weighted by Gasteiger charge is -2.46. The van der Waals surface area contributed by atoms with Gasteiger partial charge in [-0.3, -0.25) is 4.79 Å². The first kappa shape index (κ1) is 18.5. The van der Waals surface area contributed by atoms with Crippen molar-refractivity contribution >= 4 is 35.2 Å². The van der Waals surface area contributed by atoms with Crippen LogP contribution in [0.3, 0.4) is 0 Å². The Morgan fingerprint density at radius 3 is 2.97 bits per heavy atom. The van der Waals surface area contributed by atoms with Gasteiger partial charge in [-0.1, -0.05) is 59.6 Å². The molecule has 2 aromatic carbocycles. The van der Waals surface area contributed by atoms with Crippen LogP contribution >= 0.6 is 23.2 Å². The molecule has 5 rings (SSSR count). The summed E-state index contributed by atoms with van der Waals surface area (Å²) in [6, 6.07) is 11.1. The molecular formula is C24H19Cl2NO2. The first-order chi connectivity index (χ1) is 14.1. The maximum absolute atomic E-state index is 12.8. The van der Waals surface area contributed by atoms with E-state index < -0.39 is 0 Å². The lowest BCUT2D eigenvalue weighted by molar-refractivity contribution is -0.133. The standard InChI is InChI=1S/C24H19Cl2NO2/c25-17-8-7-15(19(26)14-17)13-22(28)29-21-6-3-4-16-12-20-18-5-1-2-9-24(18,23(16)21)10-11-27-20/h1-8,12,14,27H,9-11,13H2. The van der Waals surface area contributed by atoms with Crippen molar-refractivity contribution < 1.29 is 9.53 Å². The fourth-order valence-electron chi connectivity index (χ4n) is 4.68. The summed E-state index contributed by atoms with van der Waals surface area (Å²) in [5, 5.41) is 4.53. The average Bonchev–Trinajstić information content (AvgIpc) is 2.70. The Morgan fingerprint density at radius 1 is 1.21 bits per heavy atom. The van der Waals surface area contributed by atoms with Crippen molar-refractivity contribution in [1.82, 2.24) is 5.32 Å². The number of piperidine rings is 1. The third kappa shape index (κ3) is 3.09. The summed E-state index contributed by atoms with van der Waals surface area (Å²) in [4.78, 5) is 12.8. The Bertz CT molecular complexity index is 1120. The van der Waals surface area contributed by atoms with Crippen LogP contribution in [0.5, 0.6) is 5.75 Å². The van der Waals surface area contributed by atoms with Crippen molar-refractivity contribution in [2.24, 2.45) is 0 Å². The molecule has 0 aromatic heterocycles. The van der Waals surface area contributed by atoms with Crippen LogP contribution in [0.1, 0.15) is 29.5 Å². The quantitative estimate of drug-likeness (QED) is 0.514. The SMILES string of the molecule is O=C(Cc1ccc(Cl)cc1Cl)Oc1cccc2c1C13CC=CC=C1C(=C2)NCC3. The molecule has 1 unspecified atom stereocenters. The normalized spacial score (nSPS) is 21.3. The van der Waals surface area contributed by atoms with E-state index in [1.807, 2.05) is 12.1 Å². The number of ether oxygens (including phenoxy) is 1. The van der Waals surface area contributed by atoms with Gasteiger partial charge in [0, 0.05) is 33.3 Å². The molecule has 0 radical (unpaired) electrons. The molecule has 1 aliphatic heterocycles. The van der Waals surface area contributed by atoms with Crippen LogP contribution in [0.25, 0.3) is 6.08 Å². The molecule has 1 atom stereocenters. The number of benzene rings is 2. The Kier molecular flexibility index (Phi) is 4.53. The number of rotatable bonds is 3. The minimum atomic E-state index is -0.334. The van der Waals surface area contributed by atoms with Crippen molar-refractivity contribution in [3.8, 4) is 5.75 Å². The molecule has 1 heterocycles. The van der Waals surface area contributed by atoms with Gasteiger partial charge in [-0.25, -0.2) is 0 Å². The smallest absolute Gasteiger partial charge is 0.315 e. The Balaban J connectivity index is 1.51. The molecule has 146 valence electrons. The van der Waals surface area contributed by atoms with Crippen molar-refractivity contribution in [3.63, 3.8) is 0 Å². The number of fused-ring (bicyclic) bond motifs is 1. The minimum Gasteiger partial charge on any atom is -0.426 e. The maximum Gasteiger partial charge on any atom is 0.315 e. The lowest BCUT2D eigenvalue weighted by atomic mass is 9.61. The van der Waals surface area contributed by atoms with Crippen molar-refractivity contribution in [2.45, 2.75) is 24.7 Å². The summed E-state index contributed by atoms with van der Waals surface area (Å²) in [7, 11) is 0. The second-order valence-corrected chi connectivity index (χ2v) is 8.48. The number of carbonyl (C=O) groups is 1. The number of nitrogens with one attached hydrogen (secondary N) is 1. The third-order valence-electron chi connectivity index (χ3n) is 5.95. The average molecular weight is 424 g/mol. The number of hydrogen-bond donors (Lipinski definition) is 1. The lowest BCUT2D eigenvalue weighted by Crippen LogP contribution is -2.44. The molecule has 29 heavy (non-hydrogen) atoms. The van der Waals surface area contributed by atoms with E-state index in [0.29, 0.717) is 21.4 Å². The fourth-order valence-corrected chi connectivity index (χ4v) is 5.16. The van der Waals surface area contributed by atoms with Gasteiger partial charge in [0.05, 0.1) is 6.42 Å². The van der Waals surface area contributed by atoms with Gasteiger partial charge in [-0.05, 0) is 53.8 Å². The number of halogens is 2. The van der Waals surface area contributed by atoms with E-state index in [1.54, 1.807) is 18.2 Å². The van der Waals surface area contributed by atoms with Crippen LogP contribution in [0.4, 0.5) is 0 Å². The van der Waals surface area contributed by atoms with Crippen LogP contribution in [-0.4, -0.2) is 12.5 Å². The van der Waals surface area contributed by atoms with Crippen molar-refractivity contribution in [1.29, 1.82) is 0 Å². The Labute approximate surface area is 179 Å². The summed E-state index contributed by atoms with van der Waals surface area (Å²) < 4.78 is 5.91.